The maximum Gasteiger partial charge on any atom is 0.333 e. The van der Waals surface area contributed by atoms with Gasteiger partial charge in [0.1, 0.15) is 0 Å². The molecule has 0 saturated heterocycles. The molecule has 0 amide bonds. The predicted octanol–water partition coefficient (Wildman–Crippen LogP) is 1.84. The first-order valence-electron chi connectivity index (χ1n) is 5.52. The molecule has 3 aromatic rings. The monoisotopic (exact) mass is 317 g/mol. The van der Waals surface area contributed by atoms with Gasteiger partial charge in [0, 0.05) is 16.9 Å². The van der Waals surface area contributed by atoms with E-state index in [4.69, 9.17) is 0 Å². The molecule has 0 aliphatic heterocycles. The zero-order valence-electron chi connectivity index (χ0n) is 9.63. The molecule has 19 heavy (non-hydrogen) atoms. The van der Waals surface area contributed by atoms with Crippen LogP contribution in [0.25, 0.3) is 16.6 Å². The third kappa shape index (κ3) is 1.90. The van der Waals surface area contributed by atoms with Crippen molar-refractivity contribution < 1.29 is 0 Å². The van der Waals surface area contributed by atoms with E-state index in [1.807, 2.05) is 0 Å². The standard InChI is InChI=1S/C13H8BrN3O2/c14-9-2-1-3-10-11(9)12(18)17(13(19)16-10)8-4-6-15-7-5-8/h1-7H,(H,16,19). The maximum absolute atomic E-state index is 12.5. The molecule has 0 aliphatic carbocycles. The largest absolute Gasteiger partial charge is 0.333 e. The summed E-state index contributed by atoms with van der Waals surface area (Å²) < 4.78 is 1.74. The van der Waals surface area contributed by atoms with Crippen LogP contribution in [0.1, 0.15) is 0 Å². The summed E-state index contributed by atoms with van der Waals surface area (Å²) in [6, 6.07) is 8.44. The number of pyridine rings is 1. The Balaban J connectivity index is 2.49. The zero-order valence-corrected chi connectivity index (χ0v) is 11.2. The van der Waals surface area contributed by atoms with Crippen LogP contribution in [-0.2, 0) is 0 Å². The predicted molar refractivity (Wildman–Crippen MR) is 75.7 cm³/mol. The van der Waals surface area contributed by atoms with E-state index in [1.54, 1.807) is 30.3 Å². The first-order chi connectivity index (χ1) is 9.18. The van der Waals surface area contributed by atoms with Crippen molar-refractivity contribution in [3.63, 3.8) is 0 Å². The van der Waals surface area contributed by atoms with Crippen LogP contribution in [0.5, 0.6) is 0 Å². The summed E-state index contributed by atoms with van der Waals surface area (Å²) >= 11 is 3.33. The Bertz CT molecular complexity index is 868. The summed E-state index contributed by atoms with van der Waals surface area (Å²) in [5, 5.41) is 0.443. The van der Waals surface area contributed by atoms with E-state index in [2.05, 4.69) is 25.9 Å². The molecule has 6 heteroatoms. The number of nitrogens with one attached hydrogen (secondary N) is 1. The van der Waals surface area contributed by atoms with E-state index in [0.29, 0.717) is 21.1 Å². The highest BCUT2D eigenvalue weighted by Crippen LogP contribution is 2.18. The Morgan fingerprint density at radius 2 is 1.84 bits per heavy atom. The summed E-state index contributed by atoms with van der Waals surface area (Å²) in [5.41, 5.74) is 0.160. The second kappa shape index (κ2) is 4.47. The molecule has 94 valence electrons. The van der Waals surface area contributed by atoms with Crippen molar-refractivity contribution in [1.82, 2.24) is 14.5 Å². The number of H-pyrrole nitrogens is 1. The summed E-state index contributed by atoms with van der Waals surface area (Å²) in [6.07, 6.45) is 3.07. The number of rotatable bonds is 1. The third-order valence-corrected chi connectivity index (χ3v) is 3.46. The number of halogens is 1. The minimum Gasteiger partial charge on any atom is -0.306 e. The van der Waals surface area contributed by atoms with E-state index in [1.165, 1.54) is 12.4 Å². The van der Waals surface area contributed by atoms with Gasteiger partial charge in [-0.05, 0) is 40.2 Å². The molecule has 0 atom stereocenters. The summed E-state index contributed by atoms with van der Waals surface area (Å²) in [4.78, 5) is 31.1. The molecule has 0 fully saturated rings. The van der Waals surface area contributed by atoms with Crippen LogP contribution in [0.4, 0.5) is 0 Å². The minimum atomic E-state index is -0.471. The van der Waals surface area contributed by atoms with Crippen molar-refractivity contribution in [3.8, 4) is 5.69 Å². The Hall–Kier alpha value is -2.21. The van der Waals surface area contributed by atoms with Gasteiger partial charge < -0.3 is 4.98 Å². The van der Waals surface area contributed by atoms with Gasteiger partial charge in [-0.2, -0.15) is 0 Å². The lowest BCUT2D eigenvalue weighted by molar-refractivity contribution is 0.898. The molecule has 3 rings (SSSR count). The van der Waals surface area contributed by atoms with Gasteiger partial charge in [-0.1, -0.05) is 6.07 Å². The van der Waals surface area contributed by atoms with Crippen molar-refractivity contribution in [2.45, 2.75) is 0 Å². The number of aromatic nitrogens is 3. The van der Waals surface area contributed by atoms with Crippen LogP contribution in [-0.4, -0.2) is 14.5 Å². The van der Waals surface area contributed by atoms with Crippen LogP contribution in [0.3, 0.4) is 0 Å². The summed E-state index contributed by atoms with van der Waals surface area (Å²) in [5.74, 6) is 0. The van der Waals surface area contributed by atoms with Gasteiger partial charge in [-0.25, -0.2) is 9.36 Å². The number of hydrogen-bond acceptors (Lipinski definition) is 3. The van der Waals surface area contributed by atoms with E-state index >= 15 is 0 Å². The van der Waals surface area contributed by atoms with Crippen LogP contribution in [0.2, 0.25) is 0 Å². The second-order valence-corrected chi connectivity index (χ2v) is 4.79. The van der Waals surface area contributed by atoms with E-state index in [-0.39, 0.29) is 5.56 Å². The average molecular weight is 318 g/mol. The van der Waals surface area contributed by atoms with Crippen molar-refractivity contribution in [3.05, 3.63) is 68.0 Å². The van der Waals surface area contributed by atoms with E-state index < -0.39 is 5.69 Å². The molecule has 0 radical (unpaired) electrons. The van der Waals surface area contributed by atoms with E-state index in [9.17, 15) is 9.59 Å². The van der Waals surface area contributed by atoms with Crippen molar-refractivity contribution in [1.29, 1.82) is 0 Å². The first kappa shape index (κ1) is 11.9. The minimum absolute atomic E-state index is 0.363. The highest BCUT2D eigenvalue weighted by molar-refractivity contribution is 9.10. The average Bonchev–Trinajstić information content (AvgIpc) is 2.39. The molecule has 2 heterocycles. The molecule has 0 saturated carbocycles. The topological polar surface area (TPSA) is 67.8 Å². The quantitative estimate of drug-likeness (QED) is 0.744. The molecule has 1 aromatic carbocycles. The molecule has 0 spiro atoms. The van der Waals surface area contributed by atoms with Gasteiger partial charge in [0.05, 0.1) is 16.6 Å². The van der Waals surface area contributed by atoms with Crippen LogP contribution in [0, 0.1) is 0 Å². The molecular weight excluding hydrogens is 310 g/mol. The van der Waals surface area contributed by atoms with Gasteiger partial charge in [0.25, 0.3) is 5.56 Å². The van der Waals surface area contributed by atoms with Crippen LogP contribution < -0.4 is 11.2 Å². The number of nitrogens with zero attached hydrogens (tertiary/aromatic N) is 2. The molecule has 1 N–H and O–H groups in total. The highest BCUT2D eigenvalue weighted by Gasteiger charge is 2.11. The number of benzene rings is 1. The summed E-state index contributed by atoms with van der Waals surface area (Å²) in [7, 11) is 0. The van der Waals surface area contributed by atoms with Crippen molar-refractivity contribution in [2.24, 2.45) is 0 Å². The first-order valence-corrected chi connectivity index (χ1v) is 6.32. The Morgan fingerprint density at radius 1 is 1.11 bits per heavy atom. The van der Waals surface area contributed by atoms with E-state index in [0.717, 1.165) is 4.57 Å². The molecule has 0 bridgehead atoms. The SMILES string of the molecule is O=c1[nH]c2cccc(Br)c2c(=O)n1-c1ccncc1. The van der Waals surface area contributed by atoms with Gasteiger partial charge >= 0.3 is 5.69 Å². The fourth-order valence-electron chi connectivity index (χ4n) is 1.95. The summed E-state index contributed by atoms with van der Waals surface area (Å²) in [6.45, 7) is 0. The fraction of sp³-hybridized carbons (Fsp3) is 0. The lowest BCUT2D eigenvalue weighted by Crippen LogP contribution is -2.33. The fourth-order valence-corrected chi connectivity index (χ4v) is 2.48. The molecule has 0 aliphatic rings. The maximum atomic E-state index is 12.5. The lowest BCUT2D eigenvalue weighted by Gasteiger charge is -2.06. The molecular formula is C13H8BrN3O2. The molecule has 0 unspecified atom stereocenters. The molecule has 2 aromatic heterocycles. The zero-order chi connectivity index (χ0) is 13.4. The number of aromatic amines is 1. The highest BCUT2D eigenvalue weighted by atomic mass is 79.9. The van der Waals surface area contributed by atoms with Crippen LogP contribution in [0.15, 0.2) is 56.8 Å². The third-order valence-electron chi connectivity index (χ3n) is 2.80. The van der Waals surface area contributed by atoms with Crippen LogP contribution >= 0.6 is 15.9 Å². The Labute approximate surface area is 115 Å². The van der Waals surface area contributed by atoms with Crippen molar-refractivity contribution in [2.75, 3.05) is 0 Å². The number of fused-ring (bicyclic) bond motifs is 1. The smallest absolute Gasteiger partial charge is 0.306 e. The lowest BCUT2D eigenvalue weighted by atomic mass is 10.2. The second-order valence-electron chi connectivity index (χ2n) is 3.94. The normalized spacial score (nSPS) is 10.8. The van der Waals surface area contributed by atoms with Gasteiger partial charge in [-0.15, -0.1) is 0 Å². The van der Waals surface area contributed by atoms with Gasteiger partial charge in [0.2, 0.25) is 0 Å². The number of hydrogen-bond donors (Lipinski definition) is 1. The Morgan fingerprint density at radius 3 is 2.58 bits per heavy atom. The Kier molecular flexibility index (Phi) is 2.79. The van der Waals surface area contributed by atoms with Crippen molar-refractivity contribution >= 4 is 26.8 Å². The van der Waals surface area contributed by atoms with Gasteiger partial charge in [-0.3, -0.25) is 9.78 Å². The molecule has 5 nitrogen and oxygen atoms in total. The van der Waals surface area contributed by atoms with Gasteiger partial charge in [0.15, 0.2) is 0 Å².